The average molecular weight is 253 g/mol. The molecule has 2 unspecified atom stereocenters. The van der Waals surface area contributed by atoms with Gasteiger partial charge in [0, 0.05) is 12.6 Å². The molecule has 2 rings (SSSR count). The zero-order valence-electron chi connectivity index (χ0n) is 10.00. The molecule has 7 nitrogen and oxygen atoms in total. The number of nitro groups is 1. The molecule has 0 aromatic carbocycles. The van der Waals surface area contributed by atoms with Crippen LogP contribution in [0.3, 0.4) is 0 Å². The number of carbonyl (C=O) groups excluding carboxylic acids is 1. The zero-order valence-corrected chi connectivity index (χ0v) is 10.00. The summed E-state index contributed by atoms with van der Waals surface area (Å²) < 4.78 is 0. The van der Waals surface area contributed by atoms with Gasteiger partial charge in [0.2, 0.25) is 0 Å². The summed E-state index contributed by atoms with van der Waals surface area (Å²) >= 11 is 0. The van der Waals surface area contributed by atoms with Crippen molar-refractivity contribution in [3.63, 3.8) is 0 Å². The monoisotopic (exact) mass is 253 g/mol. The Morgan fingerprint density at radius 2 is 2.39 bits per heavy atom. The molecule has 1 aliphatic heterocycles. The lowest BCUT2D eigenvalue weighted by atomic mass is 10.0. The van der Waals surface area contributed by atoms with Crippen LogP contribution in [-0.2, 0) is 0 Å². The normalized spacial score (nSPS) is 23.3. The number of carbonyl (C=O) groups is 1. The van der Waals surface area contributed by atoms with Crippen molar-refractivity contribution in [3.8, 4) is 0 Å². The fourth-order valence-corrected chi connectivity index (χ4v) is 2.31. The smallest absolute Gasteiger partial charge is 0.321 e. The highest BCUT2D eigenvalue weighted by Crippen LogP contribution is 2.25. The van der Waals surface area contributed by atoms with Gasteiger partial charge >= 0.3 is 5.82 Å². The summed E-state index contributed by atoms with van der Waals surface area (Å²) in [5, 5.41) is 19.8. The second-order valence-corrected chi connectivity index (χ2v) is 4.53. The molecule has 0 spiro atoms. The lowest BCUT2D eigenvalue weighted by molar-refractivity contribution is -0.389. The van der Waals surface area contributed by atoms with Crippen LogP contribution in [0.1, 0.15) is 23.8 Å². The second-order valence-electron chi connectivity index (χ2n) is 4.53. The molecule has 0 radical (unpaired) electrons. The molecule has 2 heterocycles. The molecule has 2 N–H and O–H groups in total. The molecule has 1 aromatic rings. The molecule has 2 atom stereocenters. The number of likely N-dealkylation sites (tertiary alicyclic amines) is 1. The number of aliphatic hydroxyl groups is 1. The second kappa shape index (κ2) is 4.77. The highest BCUT2D eigenvalue weighted by atomic mass is 16.6. The van der Waals surface area contributed by atoms with Gasteiger partial charge < -0.3 is 20.1 Å². The van der Waals surface area contributed by atoms with E-state index in [1.165, 1.54) is 12.1 Å². The Morgan fingerprint density at radius 1 is 1.67 bits per heavy atom. The number of aromatic amines is 1. The summed E-state index contributed by atoms with van der Waals surface area (Å²) in [6.45, 7) is 2.46. The van der Waals surface area contributed by atoms with E-state index in [-0.39, 0.29) is 36.0 Å². The van der Waals surface area contributed by atoms with Crippen molar-refractivity contribution in [2.24, 2.45) is 5.92 Å². The van der Waals surface area contributed by atoms with E-state index in [2.05, 4.69) is 4.98 Å². The van der Waals surface area contributed by atoms with Crippen LogP contribution >= 0.6 is 0 Å². The highest BCUT2D eigenvalue weighted by Gasteiger charge is 2.35. The zero-order chi connectivity index (χ0) is 13.3. The summed E-state index contributed by atoms with van der Waals surface area (Å²) in [5.74, 6) is -0.262. The molecule has 1 saturated heterocycles. The molecule has 1 aliphatic rings. The minimum atomic E-state index is -0.576. The number of amides is 1. The quantitative estimate of drug-likeness (QED) is 0.613. The Morgan fingerprint density at radius 3 is 2.94 bits per heavy atom. The number of nitrogens with one attached hydrogen (secondary N) is 1. The maximum absolute atomic E-state index is 12.2. The Bertz CT molecular complexity index is 471. The van der Waals surface area contributed by atoms with Gasteiger partial charge in [0.25, 0.3) is 5.91 Å². The first-order chi connectivity index (χ1) is 8.54. The first-order valence-corrected chi connectivity index (χ1v) is 5.80. The lowest BCUT2D eigenvalue weighted by Crippen LogP contribution is -2.39. The van der Waals surface area contributed by atoms with E-state index in [1.807, 2.05) is 6.92 Å². The van der Waals surface area contributed by atoms with Gasteiger partial charge in [-0.15, -0.1) is 0 Å². The van der Waals surface area contributed by atoms with Crippen LogP contribution in [0.15, 0.2) is 12.1 Å². The van der Waals surface area contributed by atoms with E-state index >= 15 is 0 Å². The molecule has 1 aromatic heterocycles. The predicted octanol–water partition coefficient (Wildman–Crippen LogP) is 0.766. The molecule has 18 heavy (non-hydrogen) atoms. The van der Waals surface area contributed by atoms with E-state index in [9.17, 15) is 20.0 Å². The van der Waals surface area contributed by atoms with Gasteiger partial charge in [-0.25, -0.2) is 4.98 Å². The number of hydrogen-bond acceptors (Lipinski definition) is 4. The Balaban J connectivity index is 2.18. The minimum absolute atomic E-state index is 0.0876. The summed E-state index contributed by atoms with van der Waals surface area (Å²) in [7, 11) is 0. The van der Waals surface area contributed by atoms with E-state index in [0.717, 1.165) is 6.42 Å². The Kier molecular flexibility index (Phi) is 3.33. The first kappa shape index (κ1) is 12.6. The van der Waals surface area contributed by atoms with Crippen molar-refractivity contribution in [2.45, 2.75) is 19.4 Å². The number of H-pyrrole nitrogens is 1. The third-order valence-corrected chi connectivity index (χ3v) is 3.43. The van der Waals surface area contributed by atoms with Crippen LogP contribution in [0.4, 0.5) is 5.82 Å². The summed E-state index contributed by atoms with van der Waals surface area (Å²) in [6.07, 6.45) is 0.833. The van der Waals surface area contributed by atoms with E-state index < -0.39 is 4.92 Å². The van der Waals surface area contributed by atoms with Crippen LogP contribution in [0.25, 0.3) is 0 Å². The van der Waals surface area contributed by atoms with Crippen molar-refractivity contribution in [2.75, 3.05) is 13.2 Å². The maximum Gasteiger partial charge on any atom is 0.321 e. The molecule has 0 bridgehead atoms. The largest absolute Gasteiger partial charge is 0.394 e. The predicted molar refractivity (Wildman–Crippen MR) is 63.1 cm³/mol. The summed E-state index contributed by atoms with van der Waals surface area (Å²) in [5.41, 5.74) is 0.189. The SMILES string of the molecule is CC1CCN(C(=O)c2ccc([N+](=O)[O-])[nH]2)C1CO. The molecule has 98 valence electrons. The van der Waals surface area contributed by atoms with Crippen molar-refractivity contribution < 1.29 is 14.8 Å². The minimum Gasteiger partial charge on any atom is -0.394 e. The van der Waals surface area contributed by atoms with Crippen molar-refractivity contribution in [1.82, 2.24) is 9.88 Å². The molecule has 0 saturated carbocycles. The number of aliphatic hydroxyl groups excluding tert-OH is 1. The topological polar surface area (TPSA) is 99.5 Å². The number of hydrogen-bond donors (Lipinski definition) is 2. The van der Waals surface area contributed by atoms with Gasteiger partial charge in [0.15, 0.2) is 5.69 Å². The molecular weight excluding hydrogens is 238 g/mol. The van der Waals surface area contributed by atoms with Crippen molar-refractivity contribution in [1.29, 1.82) is 0 Å². The number of aromatic nitrogens is 1. The van der Waals surface area contributed by atoms with Crippen LogP contribution in [0, 0.1) is 16.0 Å². The standard InChI is InChI=1S/C11H15N3O4/c1-7-4-5-13(9(7)6-15)11(16)8-2-3-10(12-8)14(17)18/h2-3,7,9,12,15H,4-6H2,1H3. The Hall–Kier alpha value is -1.89. The average Bonchev–Trinajstić information content (AvgIpc) is 2.94. The lowest BCUT2D eigenvalue weighted by Gasteiger charge is -2.23. The third-order valence-electron chi connectivity index (χ3n) is 3.43. The van der Waals surface area contributed by atoms with Gasteiger partial charge in [-0.2, -0.15) is 0 Å². The van der Waals surface area contributed by atoms with Crippen molar-refractivity contribution in [3.05, 3.63) is 27.9 Å². The first-order valence-electron chi connectivity index (χ1n) is 5.80. The van der Waals surface area contributed by atoms with Gasteiger partial charge in [0.1, 0.15) is 0 Å². The van der Waals surface area contributed by atoms with E-state index in [0.29, 0.717) is 6.54 Å². The van der Waals surface area contributed by atoms with Gasteiger partial charge in [0.05, 0.1) is 12.6 Å². The molecule has 1 amide bonds. The summed E-state index contributed by atoms with van der Waals surface area (Å²) in [4.78, 5) is 26.2. The summed E-state index contributed by atoms with van der Waals surface area (Å²) in [6, 6.07) is 2.46. The van der Waals surface area contributed by atoms with Crippen LogP contribution in [-0.4, -0.2) is 45.0 Å². The molecule has 0 aliphatic carbocycles. The van der Waals surface area contributed by atoms with Gasteiger partial charge in [-0.05, 0) is 23.3 Å². The van der Waals surface area contributed by atoms with E-state index in [4.69, 9.17) is 0 Å². The number of nitrogens with zero attached hydrogens (tertiary/aromatic N) is 2. The molecule has 7 heteroatoms. The van der Waals surface area contributed by atoms with Crippen molar-refractivity contribution >= 4 is 11.7 Å². The van der Waals surface area contributed by atoms with E-state index in [1.54, 1.807) is 4.90 Å². The Labute approximate surface area is 104 Å². The fourth-order valence-electron chi connectivity index (χ4n) is 2.31. The maximum atomic E-state index is 12.2. The van der Waals surface area contributed by atoms with Crippen LogP contribution < -0.4 is 0 Å². The molecule has 1 fully saturated rings. The highest BCUT2D eigenvalue weighted by molar-refractivity contribution is 5.93. The van der Waals surface area contributed by atoms with Gasteiger partial charge in [-0.3, -0.25) is 4.79 Å². The molecular formula is C11H15N3O4. The number of rotatable bonds is 3. The fraction of sp³-hybridized carbons (Fsp3) is 0.545. The van der Waals surface area contributed by atoms with Crippen LogP contribution in [0.2, 0.25) is 0 Å². The van der Waals surface area contributed by atoms with Gasteiger partial charge in [-0.1, -0.05) is 6.92 Å². The van der Waals surface area contributed by atoms with Crippen LogP contribution in [0.5, 0.6) is 0 Å². The third kappa shape index (κ3) is 2.08.